The molecule has 0 bridgehead atoms. The molecule has 1 unspecified atom stereocenters. The van der Waals surface area contributed by atoms with Gasteiger partial charge in [0.15, 0.2) is 0 Å². The molecule has 0 aliphatic carbocycles. The summed E-state index contributed by atoms with van der Waals surface area (Å²) in [6.45, 7) is 7.32. The molecule has 1 fully saturated rings. The Morgan fingerprint density at radius 1 is 1.35 bits per heavy atom. The van der Waals surface area contributed by atoms with Crippen LogP contribution in [0.3, 0.4) is 0 Å². The largest absolute Gasteiger partial charge is 0.381 e. The third kappa shape index (κ3) is 2.91. The molecule has 3 heteroatoms. The molecule has 1 saturated heterocycles. The molecule has 1 aromatic rings. The average molecular weight is 233 g/mol. The van der Waals surface area contributed by atoms with E-state index in [1.165, 1.54) is 42.9 Å². The lowest BCUT2D eigenvalue weighted by molar-refractivity contribution is 0.803. The SMILES string of the molecule is Cc1cc(N2CCCC2)ccc1NC(C)CN. The van der Waals surface area contributed by atoms with E-state index < -0.39 is 0 Å². The van der Waals surface area contributed by atoms with Crippen LogP contribution >= 0.6 is 0 Å². The topological polar surface area (TPSA) is 41.3 Å². The fourth-order valence-electron chi connectivity index (χ4n) is 2.31. The van der Waals surface area contributed by atoms with Gasteiger partial charge in [-0.1, -0.05) is 0 Å². The van der Waals surface area contributed by atoms with Gasteiger partial charge in [-0.25, -0.2) is 0 Å². The number of nitrogens with zero attached hydrogens (tertiary/aromatic N) is 1. The third-order valence-electron chi connectivity index (χ3n) is 3.44. The van der Waals surface area contributed by atoms with Gasteiger partial charge in [-0.3, -0.25) is 0 Å². The quantitative estimate of drug-likeness (QED) is 0.839. The molecule has 0 saturated carbocycles. The van der Waals surface area contributed by atoms with Crippen LogP contribution in [0.1, 0.15) is 25.3 Å². The first kappa shape index (κ1) is 12.2. The van der Waals surface area contributed by atoms with Gasteiger partial charge in [0, 0.05) is 37.1 Å². The van der Waals surface area contributed by atoms with Gasteiger partial charge in [0.1, 0.15) is 0 Å². The maximum absolute atomic E-state index is 5.63. The summed E-state index contributed by atoms with van der Waals surface area (Å²) in [5.41, 5.74) is 9.48. The van der Waals surface area contributed by atoms with Gasteiger partial charge in [-0.05, 0) is 50.5 Å². The van der Waals surface area contributed by atoms with Crippen LogP contribution in [0.5, 0.6) is 0 Å². The molecule has 1 atom stereocenters. The number of hydrogen-bond donors (Lipinski definition) is 2. The first-order valence-electron chi connectivity index (χ1n) is 6.53. The minimum Gasteiger partial charge on any atom is -0.381 e. The van der Waals surface area contributed by atoms with Crippen LogP contribution in [0.2, 0.25) is 0 Å². The third-order valence-corrected chi connectivity index (χ3v) is 3.44. The van der Waals surface area contributed by atoms with Crippen LogP contribution in [-0.2, 0) is 0 Å². The highest BCUT2D eigenvalue weighted by atomic mass is 15.1. The number of benzene rings is 1. The summed E-state index contributed by atoms with van der Waals surface area (Å²) in [6, 6.07) is 6.99. The first-order chi connectivity index (χ1) is 8.20. The molecular weight excluding hydrogens is 210 g/mol. The minimum absolute atomic E-state index is 0.325. The van der Waals surface area contributed by atoms with Crippen molar-refractivity contribution in [2.75, 3.05) is 29.9 Å². The predicted molar refractivity (Wildman–Crippen MR) is 74.8 cm³/mol. The number of rotatable bonds is 4. The Hall–Kier alpha value is -1.22. The minimum atomic E-state index is 0.325. The van der Waals surface area contributed by atoms with Gasteiger partial charge in [-0.15, -0.1) is 0 Å². The van der Waals surface area contributed by atoms with Gasteiger partial charge < -0.3 is 16.0 Å². The van der Waals surface area contributed by atoms with Crippen molar-refractivity contribution in [3.63, 3.8) is 0 Å². The normalized spacial score (nSPS) is 17.2. The van der Waals surface area contributed by atoms with Gasteiger partial charge >= 0.3 is 0 Å². The first-order valence-corrected chi connectivity index (χ1v) is 6.53. The molecular formula is C14H23N3. The number of nitrogens with one attached hydrogen (secondary N) is 1. The molecule has 1 heterocycles. The number of anilines is 2. The zero-order valence-corrected chi connectivity index (χ0v) is 10.9. The maximum Gasteiger partial charge on any atom is 0.0373 e. The number of hydrogen-bond acceptors (Lipinski definition) is 3. The molecule has 17 heavy (non-hydrogen) atoms. The summed E-state index contributed by atoms with van der Waals surface area (Å²) >= 11 is 0. The lowest BCUT2D eigenvalue weighted by atomic mass is 10.1. The summed E-state index contributed by atoms with van der Waals surface area (Å²) in [6.07, 6.45) is 2.65. The van der Waals surface area contributed by atoms with Gasteiger partial charge in [0.2, 0.25) is 0 Å². The molecule has 2 rings (SSSR count). The van der Waals surface area contributed by atoms with Crippen LogP contribution in [-0.4, -0.2) is 25.7 Å². The van der Waals surface area contributed by atoms with E-state index >= 15 is 0 Å². The molecule has 1 aliphatic rings. The van der Waals surface area contributed by atoms with E-state index in [1.807, 2.05) is 0 Å². The van der Waals surface area contributed by atoms with Crippen LogP contribution in [0.15, 0.2) is 18.2 Å². The summed E-state index contributed by atoms with van der Waals surface area (Å²) in [5.74, 6) is 0. The zero-order chi connectivity index (χ0) is 12.3. The average Bonchev–Trinajstić information content (AvgIpc) is 2.85. The molecule has 0 spiro atoms. The fourth-order valence-corrected chi connectivity index (χ4v) is 2.31. The van der Waals surface area contributed by atoms with Crippen molar-refractivity contribution in [2.45, 2.75) is 32.7 Å². The molecule has 94 valence electrons. The van der Waals surface area contributed by atoms with E-state index in [1.54, 1.807) is 0 Å². The van der Waals surface area contributed by atoms with E-state index in [9.17, 15) is 0 Å². The smallest absolute Gasteiger partial charge is 0.0373 e. The Kier molecular flexibility index (Phi) is 3.89. The van der Waals surface area contributed by atoms with Gasteiger partial charge in [-0.2, -0.15) is 0 Å². The molecule has 1 aromatic carbocycles. The number of aryl methyl sites for hydroxylation is 1. The van der Waals surface area contributed by atoms with Crippen molar-refractivity contribution < 1.29 is 0 Å². The Labute approximate surface area is 104 Å². The lowest BCUT2D eigenvalue weighted by Gasteiger charge is -2.21. The second-order valence-electron chi connectivity index (χ2n) is 4.97. The highest BCUT2D eigenvalue weighted by molar-refractivity contribution is 5.60. The monoisotopic (exact) mass is 233 g/mol. The second-order valence-corrected chi connectivity index (χ2v) is 4.97. The fraction of sp³-hybridized carbons (Fsp3) is 0.571. The van der Waals surface area contributed by atoms with Crippen LogP contribution in [0.4, 0.5) is 11.4 Å². The standard InChI is InChI=1S/C14H23N3/c1-11-9-13(17-7-3-4-8-17)5-6-14(11)16-12(2)10-15/h5-6,9,12,16H,3-4,7-8,10,15H2,1-2H3. The maximum atomic E-state index is 5.63. The molecule has 0 radical (unpaired) electrons. The molecule has 0 amide bonds. The van der Waals surface area contributed by atoms with E-state index in [0.29, 0.717) is 12.6 Å². The Morgan fingerprint density at radius 3 is 2.65 bits per heavy atom. The number of nitrogens with two attached hydrogens (primary N) is 1. The highest BCUT2D eigenvalue weighted by Gasteiger charge is 2.13. The van der Waals surface area contributed by atoms with E-state index in [-0.39, 0.29) is 0 Å². The van der Waals surface area contributed by atoms with E-state index in [2.05, 4.69) is 42.3 Å². The van der Waals surface area contributed by atoms with Crippen molar-refractivity contribution in [2.24, 2.45) is 5.73 Å². The molecule has 3 nitrogen and oxygen atoms in total. The summed E-state index contributed by atoms with van der Waals surface area (Å²) in [4.78, 5) is 2.46. The van der Waals surface area contributed by atoms with Crippen molar-refractivity contribution in [1.29, 1.82) is 0 Å². The van der Waals surface area contributed by atoms with E-state index in [0.717, 1.165) is 0 Å². The highest BCUT2D eigenvalue weighted by Crippen LogP contribution is 2.25. The Balaban J connectivity index is 2.10. The summed E-state index contributed by atoms with van der Waals surface area (Å²) < 4.78 is 0. The molecule has 0 aromatic heterocycles. The van der Waals surface area contributed by atoms with Crippen molar-refractivity contribution >= 4 is 11.4 Å². The van der Waals surface area contributed by atoms with Gasteiger partial charge in [0.25, 0.3) is 0 Å². The van der Waals surface area contributed by atoms with Crippen molar-refractivity contribution in [3.05, 3.63) is 23.8 Å². The lowest BCUT2D eigenvalue weighted by Crippen LogP contribution is -2.25. The van der Waals surface area contributed by atoms with E-state index in [4.69, 9.17) is 5.73 Å². The van der Waals surface area contributed by atoms with Crippen LogP contribution in [0, 0.1) is 6.92 Å². The zero-order valence-electron chi connectivity index (χ0n) is 10.9. The summed E-state index contributed by atoms with van der Waals surface area (Å²) in [5, 5.41) is 3.43. The van der Waals surface area contributed by atoms with Crippen molar-refractivity contribution in [3.8, 4) is 0 Å². The predicted octanol–water partition coefficient (Wildman–Crippen LogP) is 2.35. The molecule has 1 aliphatic heterocycles. The second kappa shape index (κ2) is 5.41. The molecule has 3 N–H and O–H groups in total. The van der Waals surface area contributed by atoms with Crippen molar-refractivity contribution in [1.82, 2.24) is 0 Å². The summed E-state index contributed by atoms with van der Waals surface area (Å²) in [7, 11) is 0. The Bertz CT molecular complexity index is 370. The van der Waals surface area contributed by atoms with Gasteiger partial charge in [0.05, 0.1) is 0 Å². The van der Waals surface area contributed by atoms with Crippen LogP contribution < -0.4 is 16.0 Å². The Morgan fingerprint density at radius 2 is 2.06 bits per heavy atom. The van der Waals surface area contributed by atoms with Crippen LogP contribution in [0.25, 0.3) is 0 Å².